The van der Waals surface area contributed by atoms with Crippen molar-refractivity contribution in [3.05, 3.63) is 59.7 Å². The van der Waals surface area contributed by atoms with Crippen LogP contribution in [0.4, 0.5) is 10.1 Å². The van der Waals surface area contributed by atoms with Gasteiger partial charge in [0.1, 0.15) is 5.82 Å². The molecule has 4 nitrogen and oxygen atoms in total. The first-order valence-corrected chi connectivity index (χ1v) is 6.67. The fraction of sp³-hybridized carbons (Fsp3) is 0.250. The molecule has 2 rings (SSSR count). The van der Waals surface area contributed by atoms with Gasteiger partial charge in [0, 0.05) is 18.4 Å². The summed E-state index contributed by atoms with van der Waals surface area (Å²) in [4.78, 5) is 17.6. The molecule has 1 aromatic carbocycles. The molecule has 0 saturated carbocycles. The number of halogens is 1. The van der Waals surface area contributed by atoms with E-state index in [2.05, 4.69) is 9.72 Å². The van der Waals surface area contributed by atoms with Crippen LogP contribution in [0.1, 0.15) is 23.0 Å². The van der Waals surface area contributed by atoms with E-state index in [4.69, 9.17) is 0 Å². The van der Waals surface area contributed by atoms with Crippen LogP contribution in [0.3, 0.4) is 0 Å². The van der Waals surface area contributed by atoms with Crippen LogP contribution in [0.5, 0.6) is 0 Å². The van der Waals surface area contributed by atoms with E-state index < -0.39 is 5.97 Å². The summed E-state index contributed by atoms with van der Waals surface area (Å²) in [6.45, 7) is 3.26. The lowest BCUT2D eigenvalue weighted by molar-refractivity contribution is 0.0600. The van der Waals surface area contributed by atoms with Gasteiger partial charge in [-0.2, -0.15) is 0 Å². The Labute approximate surface area is 123 Å². The molecule has 5 heteroatoms. The van der Waals surface area contributed by atoms with Gasteiger partial charge < -0.3 is 9.64 Å². The van der Waals surface area contributed by atoms with Gasteiger partial charge in [0.25, 0.3) is 0 Å². The zero-order chi connectivity index (χ0) is 15.2. The summed E-state index contributed by atoms with van der Waals surface area (Å²) in [6.07, 6.45) is 1.49. The average molecular weight is 288 g/mol. The van der Waals surface area contributed by atoms with Gasteiger partial charge in [-0.05, 0) is 37.3 Å². The highest BCUT2D eigenvalue weighted by Gasteiger charge is 2.09. The molecule has 110 valence electrons. The molecule has 0 amide bonds. The molecule has 0 spiro atoms. The zero-order valence-electron chi connectivity index (χ0n) is 12.0. The SMILES string of the molecule is CCN(Cc1ccc(C(=O)OC)cn1)c1cccc(F)c1. The fourth-order valence-corrected chi connectivity index (χ4v) is 2.01. The summed E-state index contributed by atoms with van der Waals surface area (Å²) in [5.74, 6) is -0.675. The molecular formula is C16H17FN2O2. The number of aromatic nitrogens is 1. The van der Waals surface area contributed by atoms with Gasteiger partial charge in [-0.3, -0.25) is 4.98 Å². The van der Waals surface area contributed by atoms with E-state index in [1.54, 1.807) is 18.2 Å². The molecule has 0 atom stereocenters. The van der Waals surface area contributed by atoms with Crippen molar-refractivity contribution in [2.45, 2.75) is 13.5 Å². The van der Waals surface area contributed by atoms with Crippen LogP contribution in [-0.2, 0) is 11.3 Å². The summed E-state index contributed by atoms with van der Waals surface area (Å²) in [5, 5.41) is 0. The first-order chi connectivity index (χ1) is 10.1. The first-order valence-electron chi connectivity index (χ1n) is 6.67. The van der Waals surface area contributed by atoms with E-state index in [1.807, 2.05) is 17.9 Å². The summed E-state index contributed by atoms with van der Waals surface area (Å²) >= 11 is 0. The van der Waals surface area contributed by atoms with E-state index in [0.29, 0.717) is 12.1 Å². The minimum Gasteiger partial charge on any atom is -0.465 e. The standard InChI is InChI=1S/C16H17FN2O2/c1-3-19(15-6-4-5-13(17)9-15)11-14-8-7-12(10-18-14)16(20)21-2/h4-10H,3,11H2,1-2H3. The fourth-order valence-electron chi connectivity index (χ4n) is 2.01. The van der Waals surface area contributed by atoms with Gasteiger partial charge in [-0.25, -0.2) is 9.18 Å². The summed E-state index contributed by atoms with van der Waals surface area (Å²) in [5.41, 5.74) is 2.01. The monoisotopic (exact) mass is 288 g/mol. The maximum atomic E-state index is 13.3. The number of hydrogen-bond donors (Lipinski definition) is 0. The summed E-state index contributed by atoms with van der Waals surface area (Å²) < 4.78 is 17.9. The van der Waals surface area contributed by atoms with Crippen LogP contribution in [0.2, 0.25) is 0 Å². The third-order valence-electron chi connectivity index (χ3n) is 3.15. The number of esters is 1. The average Bonchev–Trinajstić information content (AvgIpc) is 2.52. The molecule has 0 aliphatic rings. The van der Waals surface area contributed by atoms with Crippen molar-refractivity contribution in [2.24, 2.45) is 0 Å². The number of hydrogen-bond acceptors (Lipinski definition) is 4. The number of benzene rings is 1. The Morgan fingerprint density at radius 3 is 2.71 bits per heavy atom. The molecule has 0 aliphatic heterocycles. The number of nitrogens with zero attached hydrogens (tertiary/aromatic N) is 2. The van der Waals surface area contributed by atoms with Crippen LogP contribution < -0.4 is 4.90 Å². The lowest BCUT2D eigenvalue weighted by Gasteiger charge is -2.22. The Morgan fingerprint density at radius 2 is 2.14 bits per heavy atom. The van der Waals surface area contributed by atoms with Gasteiger partial charge >= 0.3 is 5.97 Å². The third kappa shape index (κ3) is 3.78. The second-order valence-electron chi connectivity index (χ2n) is 4.52. The molecule has 2 aromatic rings. The van der Waals surface area contributed by atoms with Crippen LogP contribution in [0.15, 0.2) is 42.6 Å². The van der Waals surface area contributed by atoms with Crippen molar-refractivity contribution in [1.29, 1.82) is 0 Å². The van der Waals surface area contributed by atoms with Gasteiger partial charge in [-0.1, -0.05) is 6.07 Å². The second-order valence-corrected chi connectivity index (χ2v) is 4.52. The van der Waals surface area contributed by atoms with E-state index in [9.17, 15) is 9.18 Å². The number of pyridine rings is 1. The maximum absolute atomic E-state index is 13.3. The predicted octanol–water partition coefficient (Wildman–Crippen LogP) is 3.03. The Bertz CT molecular complexity index is 614. The number of ether oxygens (including phenoxy) is 1. The topological polar surface area (TPSA) is 42.4 Å². The third-order valence-corrected chi connectivity index (χ3v) is 3.15. The number of methoxy groups -OCH3 is 1. The smallest absolute Gasteiger partial charge is 0.339 e. The number of anilines is 1. The van der Waals surface area contributed by atoms with Crippen molar-refractivity contribution in [3.63, 3.8) is 0 Å². The largest absolute Gasteiger partial charge is 0.465 e. The lowest BCUT2D eigenvalue weighted by atomic mass is 10.2. The van der Waals surface area contributed by atoms with Crippen molar-refractivity contribution in [2.75, 3.05) is 18.6 Å². The molecular weight excluding hydrogens is 271 g/mol. The minimum atomic E-state index is -0.411. The van der Waals surface area contributed by atoms with Gasteiger partial charge in [0.15, 0.2) is 0 Å². The number of carbonyl (C=O) groups is 1. The van der Waals surface area contributed by atoms with E-state index in [-0.39, 0.29) is 5.82 Å². The molecule has 1 heterocycles. The van der Waals surface area contributed by atoms with Gasteiger partial charge in [0.2, 0.25) is 0 Å². The number of rotatable bonds is 5. The highest BCUT2D eigenvalue weighted by Crippen LogP contribution is 2.17. The molecule has 0 radical (unpaired) electrons. The van der Waals surface area contributed by atoms with Crippen molar-refractivity contribution in [3.8, 4) is 0 Å². The molecule has 1 aromatic heterocycles. The maximum Gasteiger partial charge on any atom is 0.339 e. The first kappa shape index (κ1) is 15.0. The number of carbonyl (C=O) groups excluding carboxylic acids is 1. The summed E-state index contributed by atoms with van der Waals surface area (Å²) in [6, 6.07) is 9.89. The van der Waals surface area contributed by atoms with Crippen molar-refractivity contribution in [1.82, 2.24) is 4.98 Å². The predicted molar refractivity (Wildman–Crippen MR) is 78.7 cm³/mol. The summed E-state index contributed by atoms with van der Waals surface area (Å²) in [7, 11) is 1.33. The Balaban J connectivity index is 2.13. The zero-order valence-corrected chi connectivity index (χ0v) is 12.0. The quantitative estimate of drug-likeness (QED) is 0.793. The lowest BCUT2D eigenvalue weighted by Crippen LogP contribution is -2.22. The highest BCUT2D eigenvalue weighted by atomic mass is 19.1. The Morgan fingerprint density at radius 1 is 1.33 bits per heavy atom. The van der Waals surface area contributed by atoms with Crippen molar-refractivity contribution < 1.29 is 13.9 Å². The van der Waals surface area contributed by atoms with Gasteiger partial charge in [-0.15, -0.1) is 0 Å². The molecule has 0 unspecified atom stereocenters. The van der Waals surface area contributed by atoms with Crippen LogP contribution in [0.25, 0.3) is 0 Å². The molecule has 0 fully saturated rings. The van der Waals surface area contributed by atoms with E-state index in [1.165, 1.54) is 25.4 Å². The molecule has 0 aliphatic carbocycles. The highest BCUT2D eigenvalue weighted by molar-refractivity contribution is 5.88. The normalized spacial score (nSPS) is 10.2. The van der Waals surface area contributed by atoms with Gasteiger partial charge in [0.05, 0.1) is 24.9 Å². The molecule has 0 bridgehead atoms. The molecule has 0 saturated heterocycles. The molecule has 21 heavy (non-hydrogen) atoms. The Kier molecular flexibility index (Phi) is 4.87. The van der Waals surface area contributed by atoms with Crippen LogP contribution in [0, 0.1) is 5.82 Å². The second kappa shape index (κ2) is 6.83. The van der Waals surface area contributed by atoms with E-state index in [0.717, 1.165) is 17.9 Å². The molecule has 0 N–H and O–H groups in total. The van der Waals surface area contributed by atoms with Crippen LogP contribution >= 0.6 is 0 Å². The van der Waals surface area contributed by atoms with E-state index >= 15 is 0 Å². The van der Waals surface area contributed by atoms with Crippen LogP contribution in [-0.4, -0.2) is 24.6 Å². The Hall–Kier alpha value is -2.43. The minimum absolute atomic E-state index is 0.264. The van der Waals surface area contributed by atoms with Crippen molar-refractivity contribution >= 4 is 11.7 Å².